The second-order valence-corrected chi connectivity index (χ2v) is 15.6. The van der Waals surface area contributed by atoms with Crippen molar-refractivity contribution in [3.63, 3.8) is 0 Å². The third-order valence-corrected chi connectivity index (χ3v) is 11.5. The van der Waals surface area contributed by atoms with Gasteiger partial charge in [-0.05, 0) is 111 Å². The van der Waals surface area contributed by atoms with Gasteiger partial charge in [0, 0.05) is 0 Å². The standard InChI is InChI=1S/C48H48B2O4/c1-31-19-23-35(5)41(27-31)47(42-28-32(2)20-24-36(42)6)45(39-15-11-9-12-16-39)51-49(53-47)50-52-46(40-17-13-10-14-18-40)48(54-50,43-29-33(3)21-25-37(43)7)44-30-34(4)22-26-38(44)8/h9-30,45-46H,1-8H3/t45-,46-/m1/s1. The van der Waals surface area contributed by atoms with Gasteiger partial charge in [0.25, 0.3) is 0 Å². The van der Waals surface area contributed by atoms with Gasteiger partial charge in [-0.3, -0.25) is 0 Å². The quantitative estimate of drug-likeness (QED) is 0.155. The van der Waals surface area contributed by atoms with Crippen LogP contribution in [0, 0.1) is 55.4 Å². The third kappa shape index (κ3) is 6.06. The number of hydrogen-bond donors (Lipinski definition) is 0. The van der Waals surface area contributed by atoms with Crippen LogP contribution in [0.15, 0.2) is 133 Å². The van der Waals surface area contributed by atoms with Crippen molar-refractivity contribution >= 4 is 14.0 Å². The third-order valence-electron chi connectivity index (χ3n) is 11.5. The van der Waals surface area contributed by atoms with Crippen LogP contribution in [0.4, 0.5) is 0 Å². The molecule has 6 aromatic carbocycles. The molecule has 6 aromatic rings. The van der Waals surface area contributed by atoms with Crippen LogP contribution < -0.4 is 0 Å². The summed E-state index contributed by atoms with van der Waals surface area (Å²) >= 11 is 0. The average molecular weight is 711 g/mol. The van der Waals surface area contributed by atoms with E-state index in [2.05, 4.69) is 177 Å². The second kappa shape index (κ2) is 14.2. The topological polar surface area (TPSA) is 36.9 Å². The normalized spacial score (nSPS) is 19.0. The average Bonchev–Trinajstić information content (AvgIpc) is 3.78. The van der Waals surface area contributed by atoms with Crippen molar-refractivity contribution in [2.24, 2.45) is 0 Å². The molecular weight excluding hydrogens is 662 g/mol. The summed E-state index contributed by atoms with van der Waals surface area (Å²) in [5, 5.41) is 0. The Bertz CT molecular complexity index is 2050. The minimum absolute atomic E-state index is 0.511. The maximum Gasteiger partial charge on any atom is 0.489 e. The summed E-state index contributed by atoms with van der Waals surface area (Å²) in [5.74, 6) is 0. The van der Waals surface area contributed by atoms with Crippen molar-refractivity contribution in [1.82, 2.24) is 0 Å². The highest BCUT2D eigenvalue weighted by molar-refractivity contribution is 7.11. The molecule has 2 aliphatic rings. The minimum atomic E-state index is -1.02. The van der Waals surface area contributed by atoms with Gasteiger partial charge < -0.3 is 18.6 Å². The smallest absolute Gasteiger partial charge is 0.403 e. The fourth-order valence-electron chi connectivity index (χ4n) is 8.78. The molecule has 2 saturated heterocycles. The van der Waals surface area contributed by atoms with Crippen molar-refractivity contribution in [1.29, 1.82) is 0 Å². The Hall–Kier alpha value is -4.71. The van der Waals surface area contributed by atoms with Gasteiger partial charge in [-0.25, -0.2) is 0 Å². The lowest BCUT2D eigenvalue weighted by Gasteiger charge is -2.38. The molecule has 2 fully saturated rings. The fourth-order valence-corrected chi connectivity index (χ4v) is 8.78. The number of benzene rings is 6. The van der Waals surface area contributed by atoms with E-state index in [0.717, 1.165) is 77.9 Å². The maximum absolute atomic E-state index is 7.63. The first-order valence-electron chi connectivity index (χ1n) is 19.1. The molecule has 54 heavy (non-hydrogen) atoms. The molecule has 8 rings (SSSR count). The Morgan fingerprint density at radius 2 is 0.648 bits per heavy atom. The lowest BCUT2D eigenvalue weighted by molar-refractivity contribution is 0.0705. The molecule has 0 saturated carbocycles. The number of rotatable bonds is 7. The fraction of sp³-hybridized carbons (Fsp3) is 0.250. The molecule has 4 nitrogen and oxygen atoms in total. The van der Waals surface area contributed by atoms with Gasteiger partial charge >= 0.3 is 14.0 Å². The zero-order valence-electron chi connectivity index (χ0n) is 32.6. The summed E-state index contributed by atoms with van der Waals surface area (Å²) < 4.78 is 29.9. The van der Waals surface area contributed by atoms with Crippen LogP contribution in [-0.4, -0.2) is 14.0 Å². The Balaban J connectivity index is 1.38. The van der Waals surface area contributed by atoms with Crippen molar-refractivity contribution in [3.8, 4) is 0 Å². The zero-order valence-corrected chi connectivity index (χ0v) is 32.6. The Morgan fingerprint density at radius 3 is 0.926 bits per heavy atom. The van der Waals surface area contributed by atoms with E-state index >= 15 is 0 Å². The van der Waals surface area contributed by atoms with Crippen LogP contribution >= 0.6 is 0 Å². The number of hydrogen-bond acceptors (Lipinski definition) is 4. The summed E-state index contributed by atoms with van der Waals surface area (Å²) in [4.78, 5) is 0. The molecule has 0 radical (unpaired) electrons. The van der Waals surface area contributed by atoms with Crippen molar-refractivity contribution in [2.75, 3.05) is 0 Å². The first-order chi connectivity index (χ1) is 26.0. The van der Waals surface area contributed by atoms with Gasteiger partial charge in [0.05, 0.1) is 0 Å². The van der Waals surface area contributed by atoms with Crippen LogP contribution in [0.2, 0.25) is 0 Å². The zero-order chi connectivity index (χ0) is 37.8. The van der Waals surface area contributed by atoms with E-state index in [1.165, 1.54) is 0 Å². The predicted octanol–water partition coefficient (Wildman–Crippen LogP) is 11.0. The lowest BCUT2D eigenvalue weighted by atomic mass is 9.49. The van der Waals surface area contributed by atoms with E-state index in [9.17, 15) is 0 Å². The molecule has 270 valence electrons. The SMILES string of the molecule is Cc1ccc(C)c(C2(c3cc(C)ccc3C)OB(B3O[C@H](c4ccccc4)C(c4cc(C)ccc4C)(c4cc(C)ccc4C)O3)O[C@@H]2c2ccccc2)c1. The van der Waals surface area contributed by atoms with E-state index in [1.54, 1.807) is 0 Å². The highest BCUT2D eigenvalue weighted by atomic mass is 16.7. The van der Waals surface area contributed by atoms with Gasteiger partial charge in [-0.15, -0.1) is 0 Å². The first-order valence-corrected chi connectivity index (χ1v) is 19.1. The summed E-state index contributed by atoms with van der Waals surface area (Å²) in [6.07, 6.45) is -1.02. The van der Waals surface area contributed by atoms with Crippen LogP contribution in [0.5, 0.6) is 0 Å². The van der Waals surface area contributed by atoms with E-state index in [-0.39, 0.29) is 0 Å². The van der Waals surface area contributed by atoms with E-state index < -0.39 is 37.4 Å². The minimum Gasteiger partial charge on any atom is -0.403 e. The molecule has 0 N–H and O–H groups in total. The summed E-state index contributed by atoms with van der Waals surface area (Å²) in [6, 6.07) is 47.4. The molecule has 2 heterocycles. The molecule has 0 spiro atoms. The van der Waals surface area contributed by atoms with Gasteiger partial charge in [-0.1, -0.05) is 156 Å². The van der Waals surface area contributed by atoms with E-state index in [0.29, 0.717) is 0 Å². The van der Waals surface area contributed by atoms with Crippen LogP contribution in [-0.2, 0) is 29.8 Å². The highest BCUT2D eigenvalue weighted by Crippen LogP contribution is 2.58. The predicted molar refractivity (Wildman–Crippen MR) is 219 cm³/mol. The van der Waals surface area contributed by atoms with Gasteiger partial charge in [-0.2, -0.15) is 0 Å². The van der Waals surface area contributed by atoms with Gasteiger partial charge in [0.1, 0.15) is 23.4 Å². The molecule has 2 aliphatic heterocycles. The Morgan fingerprint density at radius 1 is 0.370 bits per heavy atom. The lowest BCUT2D eigenvalue weighted by Crippen LogP contribution is -2.44. The van der Waals surface area contributed by atoms with Crippen LogP contribution in [0.25, 0.3) is 0 Å². The summed E-state index contributed by atoms with van der Waals surface area (Å²) in [7, 11) is -1.78. The van der Waals surface area contributed by atoms with Gasteiger partial charge in [0.15, 0.2) is 0 Å². The molecule has 0 bridgehead atoms. The Kier molecular flexibility index (Phi) is 9.52. The molecule has 6 heteroatoms. The van der Waals surface area contributed by atoms with Crippen molar-refractivity contribution in [2.45, 2.75) is 78.8 Å². The molecular formula is C48H48B2O4. The summed E-state index contributed by atoms with van der Waals surface area (Å²) in [5.41, 5.74) is 13.4. The Labute approximate surface area is 321 Å². The number of aryl methyl sites for hydroxylation is 8. The summed E-state index contributed by atoms with van der Waals surface area (Å²) in [6.45, 7) is 17.2. The molecule has 0 aromatic heterocycles. The van der Waals surface area contributed by atoms with Crippen LogP contribution in [0.3, 0.4) is 0 Å². The molecule has 2 atom stereocenters. The second-order valence-electron chi connectivity index (χ2n) is 15.6. The monoisotopic (exact) mass is 710 g/mol. The largest absolute Gasteiger partial charge is 0.489 e. The molecule has 0 amide bonds. The van der Waals surface area contributed by atoms with Crippen molar-refractivity contribution in [3.05, 3.63) is 211 Å². The van der Waals surface area contributed by atoms with Crippen LogP contribution in [0.1, 0.15) is 90.1 Å². The maximum atomic E-state index is 7.63. The highest BCUT2D eigenvalue weighted by Gasteiger charge is 2.66. The first kappa shape index (κ1) is 36.3. The molecule has 0 unspecified atom stereocenters. The van der Waals surface area contributed by atoms with E-state index in [4.69, 9.17) is 18.6 Å². The van der Waals surface area contributed by atoms with Crippen molar-refractivity contribution < 1.29 is 18.6 Å². The van der Waals surface area contributed by atoms with E-state index in [1.807, 2.05) is 12.1 Å². The molecule has 0 aliphatic carbocycles. The van der Waals surface area contributed by atoms with Gasteiger partial charge in [0.2, 0.25) is 0 Å².